The summed E-state index contributed by atoms with van der Waals surface area (Å²) < 4.78 is 0. The third kappa shape index (κ3) is 5.06. The number of carbonyl (C=O) groups is 2. The highest BCUT2D eigenvalue weighted by Gasteiger charge is 2.27. The summed E-state index contributed by atoms with van der Waals surface area (Å²) in [5.41, 5.74) is 9.20. The van der Waals surface area contributed by atoms with Gasteiger partial charge in [-0.15, -0.1) is 0 Å². The summed E-state index contributed by atoms with van der Waals surface area (Å²) in [6.45, 7) is 2.53. The van der Waals surface area contributed by atoms with Gasteiger partial charge in [-0.25, -0.2) is 4.98 Å². The van der Waals surface area contributed by atoms with Crippen LogP contribution in [0, 0.1) is 5.92 Å². The zero-order valence-electron chi connectivity index (χ0n) is 17.7. The fourth-order valence-corrected chi connectivity index (χ4v) is 3.70. The van der Waals surface area contributed by atoms with Crippen LogP contribution >= 0.6 is 11.6 Å². The molecule has 1 fully saturated rings. The Kier molecular flexibility index (Phi) is 6.37. The Morgan fingerprint density at radius 2 is 2.00 bits per heavy atom. The van der Waals surface area contributed by atoms with E-state index in [0.717, 1.165) is 24.0 Å². The minimum absolute atomic E-state index is 0.0203. The average molecular weight is 450 g/mol. The molecule has 8 heteroatoms. The van der Waals surface area contributed by atoms with Crippen LogP contribution in [0.4, 0.5) is 11.5 Å². The summed E-state index contributed by atoms with van der Waals surface area (Å²) in [4.78, 5) is 34.7. The first kappa shape index (κ1) is 21.8. The molecule has 164 valence electrons. The van der Waals surface area contributed by atoms with Gasteiger partial charge in [-0.05, 0) is 49.1 Å². The Bertz CT molecular complexity index is 1150. The topological polar surface area (TPSA) is 101 Å². The molecule has 1 aromatic carbocycles. The number of anilines is 2. The fraction of sp³-hybridized carbons (Fsp3) is 0.250. The van der Waals surface area contributed by atoms with E-state index in [-0.39, 0.29) is 18.4 Å². The van der Waals surface area contributed by atoms with Crippen molar-refractivity contribution in [2.24, 2.45) is 5.92 Å². The molecule has 4 rings (SSSR count). The van der Waals surface area contributed by atoms with Gasteiger partial charge >= 0.3 is 0 Å². The molecule has 0 atom stereocenters. The minimum atomic E-state index is -0.252. The second-order valence-corrected chi connectivity index (χ2v) is 8.31. The smallest absolute Gasteiger partial charge is 0.253 e. The number of nitrogen functional groups attached to an aromatic ring is 1. The van der Waals surface area contributed by atoms with Crippen LogP contribution in [-0.4, -0.2) is 28.3 Å². The lowest BCUT2D eigenvalue weighted by molar-refractivity contribution is -0.116. The van der Waals surface area contributed by atoms with Gasteiger partial charge in [0.1, 0.15) is 5.82 Å². The molecule has 2 amide bonds. The summed E-state index contributed by atoms with van der Waals surface area (Å²) in [6.07, 6.45) is 5.43. The van der Waals surface area contributed by atoms with Crippen molar-refractivity contribution in [3.8, 4) is 11.3 Å². The number of nitrogens with zero attached hydrogens (tertiary/aromatic N) is 3. The number of benzene rings is 1. The number of rotatable bonds is 7. The van der Waals surface area contributed by atoms with E-state index in [1.807, 2.05) is 18.2 Å². The van der Waals surface area contributed by atoms with Crippen molar-refractivity contribution in [2.75, 3.05) is 17.2 Å². The number of hydrogen-bond donors (Lipinski definition) is 2. The van der Waals surface area contributed by atoms with Crippen LogP contribution in [-0.2, 0) is 11.3 Å². The molecule has 0 saturated heterocycles. The first-order chi connectivity index (χ1) is 15.4. The van der Waals surface area contributed by atoms with Gasteiger partial charge in [-0.3, -0.25) is 14.6 Å². The largest absolute Gasteiger partial charge is 0.383 e. The summed E-state index contributed by atoms with van der Waals surface area (Å²) in [7, 11) is 0. The molecular formula is C24H24ClN5O2. The number of aromatic nitrogens is 2. The number of carbonyl (C=O) groups excluding carboxylic acids is 2. The molecular weight excluding hydrogens is 426 g/mol. The molecule has 2 aromatic heterocycles. The molecule has 1 aliphatic rings. The number of hydrogen-bond acceptors (Lipinski definition) is 5. The molecule has 32 heavy (non-hydrogen) atoms. The monoisotopic (exact) mass is 449 g/mol. The van der Waals surface area contributed by atoms with Crippen molar-refractivity contribution in [1.82, 2.24) is 15.3 Å². The molecule has 7 nitrogen and oxygen atoms in total. The number of pyridine rings is 2. The highest BCUT2D eigenvalue weighted by atomic mass is 35.5. The zero-order valence-corrected chi connectivity index (χ0v) is 18.5. The van der Waals surface area contributed by atoms with E-state index in [1.165, 1.54) is 6.20 Å². The zero-order chi connectivity index (χ0) is 22.7. The predicted octanol–water partition coefficient (Wildman–Crippen LogP) is 4.07. The Hall–Kier alpha value is -3.45. The van der Waals surface area contributed by atoms with Gasteiger partial charge in [0.15, 0.2) is 0 Å². The molecule has 3 aromatic rings. The fourth-order valence-electron chi connectivity index (χ4n) is 3.42. The van der Waals surface area contributed by atoms with E-state index in [2.05, 4.69) is 15.3 Å². The van der Waals surface area contributed by atoms with E-state index in [4.69, 9.17) is 17.3 Å². The molecule has 0 bridgehead atoms. The Morgan fingerprint density at radius 3 is 2.62 bits per heavy atom. The van der Waals surface area contributed by atoms with E-state index in [0.29, 0.717) is 40.2 Å². The maximum Gasteiger partial charge on any atom is 0.253 e. The SMILES string of the molecule is CC(=O)N(CC1CC1)c1ccc(-c2ccc(C(=O)NCc3cccnc3N)cn2)cc1Cl. The van der Waals surface area contributed by atoms with Crippen LogP contribution in [0.5, 0.6) is 0 Å². The normalized spacial score (nSPS) is 12.9. The highest BCUT2D eigenvalue weighted by Crippen LogP contribution is 2.35. The van der Waals surface area contributed by atoms with Crippen molar-refractivity contribution < 1.29 is 9.59 Å². The van der Waals surface area contributed by atoms with Crippen LogP contribution in [0.15, 0.2) is 54.9 Å². The number of amides is 2. The van der Waals surface area contributed by atoms with Gasteiger partial charge < -0.3 is 16.0 Å². The highest BCUT2D eigenvalue weighted by molar-refractivity contribution is 6.34. The molecule has 0 unspecified atom stereocenters. The summed E-state index contributed by atoms with van der Waals surface area (Å²) in [5.74, 6) is 0.678. The molecule has 3 N–H and O–H groups in total. The first-order valence-corrected chi connectivity index (χ1v) is 10.8. The third-order valence-electron chi connectivity index (χ3n) is 5.44. The van der Waals surface area contributed by atoms with E-state index in [1.54, 1.807) is 42.3 Å². The molecule has 1 aliphatic carbocycles. The van der Waals surface area contributed by atoms with Gasteiger partial charge in [0.2, 0.25) is 5.91 Å². The minimum Gasteiger partial charge on any atom is -0.383 e. The van der Waals surface area contributed by atoms with Crippen LogP contribution in [0.3, 0.4) is 0 Å². The second-order valence-electron chi connectivity index (χ2n) is 7.90. The number of nitrogens with one attached hydrogen (secondary N) is 1. The van der Waals surface area contributed by atoms with Crippen LogP contribution in [0.25, 0.3) is 11.3 Å². The summed E-state index contributed by atoms with van der Waals surface area (Å²) in [6, 6.07) is 12.6. The van der Waals surface area contributed by atoms with Gasteiger partial charge in [-0.1, -0.05) is 23.7 Å². The maximum atomic E-state index is 12.4. The van der Waals surface area contributed by atoms with Gasteiger partial charge in [0.05, 0.1) is 22.0 Å². The van der Waals surface area contributed by atoms with Crippen molar-refractivity contribution in [1.29, 1.82) is 0 Å². The molecule has 1 saturated carbocycles. The maximum absolute atomic E-state index is 12.4. The van der Waals surface area contributed by atoms with Crippen molar-refractivity contribution >= 4 is 34.9 Å². The molecule has 2 heterocycles. The summed E-state index contributed by atoms with van der Waals surface area (Å²) in [5, 5.41) is 3.31. The van der Waals surface area contributed by atoms with Gasteiger partial charge in [0.25, 0.3) is 5.91 Å². The van der Waals surface area contributed by atoms with Crippen LogP contribution < -0.4 is 16.0 Å². The van der Waals surface area contributed by atoms with Crippen LogP contribution in [0.2, 0.25) is 5.02 Å². The van der Waals surface area contributed by atoms with E-state index < -0.39 is 0 Å². The van der Waals surface area contributed by atoms with E-state index in [9.17, 15) is 9.59 Å². The standard InChI is InChI=1S/C24H24ClN5O2/c1-15(31)30(14-16-4-5-16)22-9-7-17(11-20(22)25)21-8-6-19(13-28-21)24(32)29-12-18-3-2-10-27-23(18)26/h2-3,6-11,13,16H,4-5,12,14H2,1H3,(H2,26,27)(H,29,32). The lowest BCUT2D eigenvalue weighted by Crippen LogP contribution is -2.30. The van der Waals surface area contributed by atoms with Gasteiger partial charge in [-0.2, -0.15) is 0 Å². The predicted molar refractivity (Wildman–Crippen MR) is 125 cm³/mol. The van der Waals surface area contributed by atoms with Crippen molar-refractivity contribution in [3.63, 3.8) is 0 Å². The lowest BCUT2D eigenvalue weighted by Gasteiger charge is -2.22. The van der Waals surface area contributed by atoms with Gasteiger partial charge in [0, 0.05) is 43.5 Å². The van der Waals surface area contributed by atoms with Crippen molar-refractivity contribution in [3.05, 3.63) is 71.0 Å². The summed E-state index contributed by atoms with van der Waals surface area (Å²) >= 11 is 6.51. The van der Waals surface area contributed by atoms with Crippen LogP contribution in [0.1, 0.15) is 35.7 Å². The first-order valence-electron chi connectivity index (χ1n) is 10.4. The third-order valence-corrected chi connectivity index (χ3v) is 5.75. The van der Waals surface area contributed by atoms with E-state index >= 15 is 0 Å². The number of nitrogens with two attached hydrogens (primary N) is 1. The quantitative estimate of drug-likeness (QED) is 0.566. The Balaban J connectivity index is 1.45. The molecule has 0 radical (unpaired) electrons. The lowest BCUT2D eigenvalue weighted by atomic mass is 10.1. The second kappa shape index (κ2) is 9.36. The number of halogens is 1. The van der Waals surface area contributed by atoms with Crippen molar-refractivity contribution in [2.45, 2.75) is 26.3 Å². The molecule has 0 aliphatic heterocycles. The molecule has 0 spiro atoms. The Labute approximate surface area is 191 Å². The average Bonchev–Trinajstić information content (AvgIpc) is 3.61. The Morgan fingerprint density at radius 1 is 1.19 bits per heavy atom.